The molecule has 100 valence electrons. The van der Waals surface area contributed by atoms with Gasteiger partial charge in [-0.2, -0.15) is 0 Å². The normalized spacial score (nSPS) is 28.1. The highest BCUT2D eigenvalue weighted by Gasteiger charge is 2.25. The molecule has 0 radical (unpaired) electrons. The van der Waals surface area contributed by atoms with Crippen LogP contribution in [-0.4, -0.2) is 12.6 Å². The Morgan fingerprint density at radius 2 is 1.67 bits per heavy atom. The average molecular weight is 247 g/mol. The molecule has 1 saturated carbocycles. The van der Waals surface area contributed by atoms with Crippen LogP contribution in [0.2, 0.25) is 0 Å². The van der Waals surface area contributed by atoms with Gasteiger partial charge in [-0.1, -0.05) is 26.0 Å². The van der Waals surface area contributed by atoms with Gasteiger partial charge in [-0.3, -0.25) is 0 Å². The van der Waals surface area contributed by atoms with Crippen molar-refractivity contribution in [2.75, 3.05) is 6.54 Å². The maximum atomic E-state index is 6.10. The van der Waals surface area contributed by atoms with E-state index in [1.165, 1.54) is 24.8 Å². The van der Waals surface area contributed by atoms with Crippen molar-refractivity contribution in [2.45, 2.75) is 45.6 Å². The molecule has 0 bridgehead atoms. The van der Waals surface area contributed by atoms with E-state index in [1.807, 2.05) is 0 Å². The number of hydrogen-bond acceptors (Lipinski definition) is 2. The molecule has 0 heterocycles. The molecule has 2 atom stereocenters. The van der Waals surface area contributed by atoms with Gasteiger partial charge >= 0.3 is 0 Å². The Morgan fingerprint density at radius 1 is 1.06 bits per heavy atom. The summed E-state index contributed by atoms with van der Waals surface area (Å²) in [5, 5.41) is 0. The third-order valence-corrected chi connectivity index (χ3v) is 3.79. The fourth-order valence-electron chi connectivity index (χ4n) is 3.06. The van der Waals surface area contributed by atoms with Crippen LogP contribution in [0.15, 0.2) is 24.3 Å². The largest absolute Gasteiger partial charge is 0.490 e. The number of nitrogens with two attached hydrogens (primary N) is 1. The monoisotopic (exact) mass is 247 g/mol. The number of rotatable bonds is 4. The summed E-state index contributed by atoms with van der Waals surface area (Å²) >= 11 is 0. The second-order valence-corrected chi connectivity index (χ2v) is 5.84. The van der Waals surface area contributed by atoms with Crippen molar-refractivity contribution in [1.82, 2.24) is 0 Å². The Morgan fingerprint density at radius 3 is 2.22 bits per heavy atom. The fourth-order valence-corrected chi connectivity index (χ4v) is 3.06. The van der Waals surface area contributed by atoms with Gasteiger partial charge < -0.3 is 10.5 Å². The Hall–Kier alpha value is -1.02. The van der Waals surface area contributed by atoms with E-state index in [0.717, 1.165) is 24.0 Å². The minimum atomic E-state index is 0.393. The summed E-state index contributed by atoms with van der Waals surface area (Å²) in [6.07, 6.45) is 5.06. The summed E-state index contributed by atoms with van der Waals surface area (Å²) in [6.45, 7) is 5.37. The summed E-state index contributed by atoms with van der Waals surface area (Å²) < 4.78 is 6.10. The van der Waals surface area contributed by atoms with Crippen molar-refractivity contribution in [3.05, 3.63) is 29.8 Å². The van der Waals surface area contributed by atoms with E-state index in [4.69, 9.17) is 10.5 Å². The number of hydrogen-bond donors (Lipinski definition) is 1. The maximum Gasteiger partial charge on any atom is 0.119 e. The number of benzene rings is 1. The highest BCUT2D eigenvalue weighted by molar-refractivity contribution is 5.27. The van der Waals surface area contributed by atoms with Crippen molar-refractivity contribution >= 4 is 0 Å². The first-order chi connectivity index (χ1) is 8.67. The third kappa shape index (κ3) is 3.74. The van der Waals surface area contributed by atoms with Crippen molar-refractivity contribution in [1.29, 1.82) is 0 Å². The average Bonchev–Trinajstić information content (AvgIpc) is 2.31. The smallest absolute Gasteiger partial charge is 0.119 e. The third-order valence-electron chi connectivity index (χ3n) is 3.79. The molecule has 0 saturated heterocycles. The van der Waals surface area contributed by atoms with Crippen LogP contribution in [0.25, 0.3) is 0 Å². The molecule has 2 unspecified atom stereocenters. The van der Waals surface area contributed by atoms with E-state index in [-0.39, 0.29) is 0 Å². The van der Waals surface area contributed by atoms with E-state index < -0.39 is 0 Å². The molecule has 2 heteroatoms. The predicted molar refractivity (Wildman–Crippen MR) is 75.8 cm³/mol. The van der Waals surface area contributed by atoms with Crippen LogP contribution >= 0.6 is 0 Å². The second-order valence-electron chi connectivity index (χ2n) is 5.84. The van der Waals surface area contributed by atoms with Gasteiger partial charge in [0.15, 0.2) is 0 Å². The van der Waals surface area contributed by atoms with Crippen LogP contribution in [0.5, 0.6) is 5.75 Å². The predicted octanol–water partition coefficient (Wildman–Crippen LogP) is 3.39. The van der Waals surface area contributed by atoms with Crippen molar-refractivity contribution in [3.8, 4) is 5.75 Å². The van der Waals surface area contributed by atoms with Gasteiger partial charge in [-0.25, -0.2) is 0 Å². The zero-order valence-electron chi connectivity index (χ0n) is 11.6. The first-order valence-corrected chi connectivity index (χ1v) is 7.13. The molecule has 2 nitrogen and oxygen atoms in total. The van der Waals surface area contributed by atoms with Gasteiger partial charge in [0.05, 0.1) is 6.10 Å². The molecule has 2 N–H and O–H groups in total. The molecule has 1 aliphatic rings. The summed E-state index contributed by atoms with van der Waals surface area (Å²) in [7, 11) is 0. The summed E-state index contributed by atoms with van der Waals surface area (Å²) in [5.41, 5.74) is 6.83. The van der Waals surface area contributed by atoms with Crippen molar-refractivity contribution in [3.63, 3.8) is 0 Å². The molecule has 0 aliphatic heterocycles. The highest BCUT2D eigenvalue weighted by atomic mass is 16.5. The van der Waals surface area contributed by atoms with E-state index in [1.54, 1.807) is 0 Å². The van der Waals surface area contributed by atoms with E-state index in [2.05, 4.69) is 38.1 Å². The van der Waals surface area contributed by atoms with Crippen LogP contribution in [0.4, 0.5) is 0 Å². The Labute approximate surface area is 111 Å². The standard InChI is InChI=1S/C16H25NO/c1-12-9-13(2)11-16(10-12)18-15-5-3-14(4-6-15)7-8-17/h3-6,12-13,16H,7-11,17H2,1-2H3. The van der Waals surface area contributed by atoms with Crippen LogP contribution < -0.4 is 10.5 Å². The number of ether oxygens (including phenoxy) is 1. The van der Waals surface area contributed by atoms with Crippen LogP contribution in [0.1, 0.15) is 38.7 Å². The molecular formula is C16H25NO. The lowest BCUT2D eigenvalue weighted by Gasteiger charge is -2.31. The molecule has 1 fully saturated rings. The van der Waals surface area contributed by atoms with E-state index in [9.17, 15) is 0 Å². The molecule has 18 heavy (non-hydrogen) atoms. The molecule has 0 spiro atoms. The van der Waals surface area contributed by atoms with Gasteiger partial charge in [-0.15, -0.1) is 0 Å². The maximum absolute atomic E-state index is 6.10. The topological polar surface area (TPSA) is 35.2 Å². The van der Waals surface area contributed by atoms with Crippen molar-refractivity contribution in [2.24, 2.45) is 17.6 Å². The van der Waals surface area contributed by atoms with Gasteiger partial charge in [0.1, 0.15) is 5.75 Å². The molecule has 0 aromatic heterocycles. The summed E-state index contributed by atoms with van der Waals surface area (Å²) in [5.74, 6) is 2.58. The minimum absolute atomic E-state index is 0.393. The Balaban J connectivity index is 1.92. The van der Waals surface area contributed by atoms with Crippen LogP contribution in [0.3, 0.4) is 0 Å². The Kier molecular flexibility index (Phi) is 4.65. The first-order valence-electron chi connectivity index (χ1n) is 7.13. The lowest BCUT2D eigenvalue weighted by molar-refractivity contribution is 0.101. The van der Waals surface area contributed by atoms with Crippen LogP contribution in [0, 0.1) is 11.8 Å². The Bertz CT molecular complexity index is 350. The highest BCUT2D eigenvalue weighted by Crippen LogP contribution is 2.31. The molecule has 1 aromatic rings. The minimum Gasteiger partial charge on any atom is -0.490 e. The lowest BCUT2D eigenvalue weighted by atomic mass is 9.82. The van der Waals surface area contributed by atoms with E-state index in [0.29, 0.717) is 12.6 Å². The SMILES string of the molecule is CC1CC(C)CC(Oc2ccc(CCN)cc2)C1. The lowest BCUT2D eigenvalue weighted by Crippen LogP contribution is -2.28. The molecule has 2 rings (SSSR count). The van der Waals surface area contributed by atoms with Crippen molar-refractivity contribution < 1.29 is 4.74 Å². The van der Waals surface area contributed by atoms with Gasteiger partial charge in [0, 0.05) is 0 Å². The zero-order valence-corrected chi connectivity index (χ0v) is 11.6. The molecule has 0 amide bonds. The van der Waals surface area contributed by atoms with Crippen LogP contribution in [-0.2, 0) is 6.42 Å². The first kappa shape index (κ1) is 13.4. The molecule has 1 aromatic carbocycles. The molecular weight excluding hydrogens is 222 g/mol. The van der Waals surface area contributed by atoms with Gasteiger partial charge in [0.25, 0.3) is 0 Å². The summed E-state index contributed by atoms with van der Waals surface area (Å²) in [4.78, 5) is 0. The second kappa shape index (κ2) is 6.24. The van der Waals surface area contributed by atoms with Gasteiger partial charge in [-0.05, 0) is 61.8 Å². The molecule has 1 aliphatic carbocycles. The summed E-state index contributed by atoms with van der Waals surface area (Å²) in [6, 6.07) is 8.40. The quantitative estimate of drug-likeness (QED) is 0.885. The fraction of sp³-hybridized carbons (Fsp3) is 0.625. The van der Waals surface area contributed by atoms with E-state index >= 15 is 0 Å². The zero-order chi connectivity index (χ0) is 13.0. The van der Waals surface area contributed by atoms with Gasteiger partial charge in [0.2, 0.25) is 0 Å².